The van der Waals surface area contributed by atoms with Crippen molar-refractivity contribution in [2.24, 2.45) is 0 Å². The molecular formula is C20H21FN2O3. The Bertz CT molecular complexity index is 820. The van der Waals surface area contributed by atoms with Crippen molar-refractivity contribution in [2.75, 3.05) is 23.3 Å². The van der Waals surface area contributed by atoms with Gasteiger partial charge in [0.1, 0.15) is 11.9 Å². The summed E-state index contributed by atoms with van der Waals surface area (Å²) in [5.74, 6) is 0.419. The zero-order chi connectivity index (χ0) is 18.1. The molecule has 0 spiro atoms. The third kappa shape index (κ3) is 3.31. The lowest BCUT2D eigenvalue weighted by molar-refractivity contribution is -0.128. The van der Waals surface area contributed by atoms with Crippen LogP contribution in [-0.2, 0) is 4.79 Å². The second-order valence-corrected chi connectivity index (χ2v) is 6.69. The third-order valence-corrected chi connectivity index (χ3v) is 4.72. The van der Waals surface area contributed by atoms with Gasteiger partial charge in [0, 0.05) is 24.5 Å². The first-order valence-electron chi connectivity index (χ1n) is 8.89. The van der Waals surface area contributed by atoms with Gasteiger partial charge in [0.25, 0.3) is 5.91 Å². The summed E-state index contributed by atoms with van der Waals surface area (Å²) in [5, 5.41) is 2.77. The smallest absolute Gasteiger partial charge is 0.269 e. The van der Waals surface area contributed by atoms with E-state index in [4.69, 9.17) is 9.47 Å². The van der Waals surface area contributed by atoms with Crippen LogP contribution in [0.15, 0.2) is 42.5 Å². The van der Waals surface area contributed by atoms with Crippen molar-refractivity contribution >= 4 is 17.3 Å². The monoisotopic (exact) mass is 356 g/mol. The number of rotatable bonds is 3. The highest BCUT2D eigenvalue weighted by atomic mass is 19.1. The van der Waals surface area contributed by atoms with E-state index in [9.17, 15) is 9.18 Å². The number of hydrogen-bond donors (Lipinski definition) is 1. The zero-order valence-electron chi connectivity index (χ0n) is 14.6. The van der Waals surface area contributed by atoms with Gasteiger partial charge in [-0.2, -0.15) is 0 Å². The Morgan fingerprint density at radius 3 is 2.54 bits per heavy atom. The molecule has 0 bridgehead atoms. The highest BCUT2D eigenvalue weighted by Crippen LogP contribution is 2.34. The van der Waals surface area contributed by atoms with Crippen LogP contribution < -0.4 is 19.7 Å². The van der Waals surface area contributed by atoms with Gasteiger partial charge >= 0.3 is 0 Å². The fourth-order valence-corrected chi connectivity index (χ4v) is 3.42. The highest BCUT2D eigenvalue weighted by molar-refractivity contribution is 5.95. The fraction of sp³-hybridized carbons (Fsp3) is 0.350. The van der Waals surface area contributed by atoms with E-state index >= 15 is 0 Å². The Labute approximate surface area is 151 Å². The largest absolute Gasteiger partial charge is 0.482 e. The molecule has 0 unspecified atom stereocenters. The molecule has 2 aromatic carbocycles. The van der Waals surface area contributed by atoms with Gasteiger partial charge in [-0.15, -0.1) is 0 Å². The number of anilines is 2. The maximum Gasteiger partial charge on any atom is 0.269 e. The summed E-state index contributed by atoms with van der Waals surface area (Å²) >= 11 is 0. The topological polar surface area (TPSA) is 50.8 Å². The molecule has 1 amide bonds. The minimum atomic E-state index is -0.802. The molecule has 0 radical (unpaired) electrons. The average Bonchev–Trinajstić information content (AvgIpc) is 3.15. The van der Waals surface area contributed by atoms with Crippen molar-refractivity contribution < 1.29 is 18.7 Å². The highest BCUT2D eigenvalue weighted by Gasteiger charge is 2.34. The first kappa shape index (κ1) is 16.7. The summed E-state index contributed by atoms with van der Waals surface area (Å²) in [7, 11) is 0. The Kier molecular flexibility index (Phi) is 4.41. The van der Waals surface area contributed by atoms with Crippen LogP contribution in [-0.4, -0.2) is 31.2 Å². The van der Waals surface area contributed by atoms with Crippen LogP contribution in [0.5, 0.6) is 11.5 Å². The van der Waals surface area contributed by atoms with Gasteiger partial charge in [-0.3, -0.25) is 4.79 Å². The van der Waals surface area contributed by atoms with E-state index in [0.29, 0.717) is 17.2 Å². The van der Waals surface area contributed by atoms with Crippen LogP contribution in [0.3, 0.4) is 0 Å². The number of benzene rings is 2. The van der Waals surface area contributed by atoms with Crippen molar-refractivity contribution in [2.45, 2.75) is 32.0 Å². The third-order valence-electron chi connectivity index (χ3n) is 4.72. The van der Waals surface area contributed by atoms with Gasteiger partial charge in [0.05, 0.1) is 0 Å². The van der Waals surface area contributed by atoms with Gasteiger partial charge < -0.3 is 19.7 Å². The van der Waals surface area contributed by atoms with Crippen molar-refractivity contribution in [3.63, 3.8) is 0 Å². The molecule has 2 aliphatic rings. The number of carbonyl (C=O) groups is 1. The van der Waals surface area contributed by atoms with Crippen molar-refractivity contribution in [1.82, 2.24) is 0 Å². The van der Waals surface area contributed by atoms with E-state index in [0.717, 1.165) is 31.6 Å². The second kappa shape index (κ2) is 6.86. The number of ether oxygens (including phenoxy) is 2. The summed E-state index contributed by atoms with van der Waals surface area (Å²) in [4.78, 5) is 14.8. The van der Waals surface area contributed by atoms with Gasteiger partial charge in [-0.25, -0.2) is 4.39 Å². The molecule has 1 saturated heterocycles. The first-order valence-corrected chi connectivity index (χ1v) is 8.89. The van der Waals surface area contributed by atoms with Crippen molar-refractivity contribution in [3.8, 4) is 11.5 Å². The zero-order valence-corrected chi connectivity index (χ0v) is 14.6. The molecule has 2 aromatic rings. The number of halogens is 1. The molecule has 26 heavy (non-hydrogen) atoms. The summed E-state index contributed by atoms with van der Waals surface area (Å²) in [6.07, 6.45) is 0.949. The number of nitrogens with one attached hydrogen (secondary N) is 1. The number of amides is 1. The molecule has 6 heteroatoms. The Morgan fingerprint density at radius 1 is 1.12 bits per heavy atom. The molecule has 2 atom stereocenters. The Morgan fingerprint density at radius 2 is 1.81 bits per heavy atom. The van der Waals surface area contributed by atoms with E-state index in [-0.39, 0.29) is 11.7 Å². The quantitative estimate of drug-likeness (QED) is 0.913. The molecule has 1 fully saturated rings. The standard InChI is InChI=1S/C20H21FN2O3/c1-13-19(26-18-7-3-2-6-17(18)25-13)20(24)22-15-10-14(21)11-16(12-15)23-8-4-5-9-23/h2-3,6-7,10-13,19H,4-5,8-9H2,1H3,(H,22,24)/t13-,19-/m1/s1. The van der Waals surface area contributed by atoms with Crippen LogP contribution in [0.4, 0.5) is 15.8 Å². The van der Waals surface area contributed by atoms with Gasteiger partial charge in [0.2, 0.25) is 6.10 Å². The van der Waals surface area contributed by atoms with Gasteiger partial charge in [-0.05, 0) is 50.1 Å². The molecule has 4 rings (SSSR count). The van der Waals surface area contributed by atoms with E-state index in [1.165, 1.54) is 12.1 Å². The van der Waals surface area contributed by atoms with E-state index < -0.39 is 12.2 Å². The molecular weight excluding hydrogens is 335 g/mol. The molecule has 2 aliphatic heterocycles. The first-order chi connectivity index (χ1) is 12.6. The van der Waals surface area contributed by atoms with E-state index in [1.807, 2.05) is 12.1 Å². The van der Waals surface area contributed by atoms with Gasteiger partial charge in [-0.1, -0.05) is 12.1 Å². The second-order valence-electron chi connectivity index (χ2n) is 6.69. The Hall–Kier alpha value is -2.76. The van der Waals surface area contributed by atoms with Gasteiger partial charge in [0.15, 0.2) is 11.5 Å². The molecule has 0 aromatic heterocycles. The summed E-state index contributed by atoms with van der Waals surface area (Å²) in [6.45, 7) is 3.59. The number of fused-ring (bicyclic) bond motifs is 1. The molecule has 0 aliphatic carbocycles. The van der Waals surface area contributed by atoms with Crippen LogP contribution in [0.25, 0.3) is 0 Å². The minimum Gasteiger partial charge on any atom is -0.482 e. The normalized spacial score (nSPS) is 21.5. The average molecular weight is 356 g/mol. The molecule has 136 valence electrons. The van der Waals surface area contributed by atoms with Crippen LogP contribution in [0.2, 0.25) is 0 Å². The molecule has 1 N–H and O–H groups in total. The predicted molar refractivity (Wildman–Crippen MR) is 97.4 cm³/mol. The molecule has 2 heterocycles. The summed E-state index contributed by atoms with van der Waals surface area (Å²) < 4.78 is 25.6. The van der Waals surface area contributed by atoms with Crippen molar-refractivity contribution in [3.05, 3.63) is 48.3 Å². The van der Waals surface area contributed by atoms with Crippen LogP contribution in [0.1, 0.15) is 19.8 Å². The Balaban J connectivity index is 1.51. The van der Waals surface area contributed by atoms with Crippen LogP contribution in [0, 0.1) is 5.82 Å². The van der Waals surface area contributed by atoms with E-state index in [2.05, 4.69) is 10.2 Å². The van der Waals surface area contributed by atoms with E-state index in [1.54, 1.807) is 25.1 Å². The van der Waals surface area contributed by atoms with Crippen molar-refractivity contribution in [1.29, 1.82) is 0 Å². The SMILES string of the molecule is C[C@H]1Oc2ccccc2O[C@H]1C(=O)Nc1cc(F)cc(N2CCCC2)c1. The molecule has 0 saturated carbocycles. The number of hydrogen-bond acceptors (Lipinski definition) is 4. The van der Waals surface area contributed by atoms with Crippen LogP contribution >= 0.6 is 0 Å². The fourth-order valence-electron chi connectivity index (χ4n) is 3.42. The lowest BCUT2D eigenvalue weighted by Crippen LogP contribution is -2.46. The summed E-state index contributed by atoms with van der Waals surface area (Å²) in [6, 6.07) is 11.8. The number of nitrogens with zero attached hydrogens (tertiary/aromatic N) is 1. The lowest BCUT2D eigenvalue weighted by Gasteiger charge is -2.31. The minimum absolute atomic E-state index is 0.357. The maximum absolute atomic E-state index is 14.0. The number of carbonyl (C=O) groups excluding carboxylic acids is 1. The maximum atomic E-state index is 14.0. The lowest BCUT2D eigenvalue weighted by atomic mass is 10.1. The molecule has 5 nitrogen and oxygen atoms in total. The number of para-hydroxylation sites is 2. The summed E-state index contributed by atoms with van der Waals surface area (Å²) in [5.41, 5.74) is 1.21. The predicted octanol–water partition coefficient (Wildman–Crippen LogP) is 3.59.